The number of para-hydroxylation sites is 1. The van der Waals surface area contributed by atoms with Crippen molar-refractivity contribution in [2.24, 2.45) is 0 Å². The number of hydrogen-bond acceptors (Lipinski definition) is 3. The Kier molecular flexibility index (Phi) is 2.00. The Hall–Kier alpha value is -2.17. The van der Waals surface area contributed by atoms with Crippen LogP contribution in [0.5, 0.6) is 5.88 Å². The maximum absolute atomic E-state index is 10.6. The van der Waals surface area contributed by atoms with Crippen LogP contribution in [-0.4, -0.2) is 26.1 Å². The van der Waals surface area contributed by atoms with E-state index in [9.17, 15) is 15.1 Å². The van der Waals surface area contributed by atoms with E-state index < -0.39 is 11.8 Å². The molecule has 0 radical (unpaired) electrons. The second kappa shape index (κ2) is 3.20. The monoisotopic (exact) mass is 207 g/mol. The molecule has 5 nitrogen and oxygen atoms in total. The minimum Gasteiger partial charge on any atom is -0.492 e. The van der Waals surface area contributed by atoms with E-state index >= 15 is 0 Å². The Morgan fingerprint density at radius 1 is 1.33 bits per heavy atom. The summed E-state index contributed by atoms with van der Waals surface area (Å²) in [6.07, 6.45) is -0.320. The van der Waals surface area contributed by atoms with Gasteiger partial charge in [0.05, 0.1) is 11.9 Å². The molecule has 1 aromatic heterocycles. The molecule has 0 aliphatic rings. The van der Waals surface area contributed by atoms with Crippen molar-refractivity contribution in [1.82, 2.24) is 4.73 Å². The predicted octanol–water partition coefficient (Wildman–Crippen LogP) is 1.21. The van der Waals surface area contributed by atoms with Crippen molar-refractivity contribution in [1.29, 1.82) is 0 Å². The summed E-state index contributed by atoms with van der Waals surface area (Å²) in [6.45, 7) is 0. The van der Waals surface area contributed by atoms with Crippen LogP contribution >= 0.6 is 0 Å². The Bertz CT molecular complexity index is 529. The van der Waals surface area contributed by atoms with Gasteiger partial charge in [-0.3, -0.25) is 4.79 Å². The number of hydrogen-bond donors (Lipinski definition) is 3. The second-order valence-corrected chi connectivity index (χ2v) is 3.20. The Morgan fingerprint density at radius 2 is 2.00 bits per heavy atom. The van der Waals surface area contributed by atoms with Crippen molar-refractivity contribution in [3.05, 3.63) is 29.8 Å². The van der Waals surface area contributed by atoms with Gasteiger partial charge in [-0.25, -0.2) is 0 Å². The van der Waals surface area contributed by atoms with Gasteiger partial charge >= 0.3 is 5.97 Å². The number of benzene rings is 1. The van der Waals surface area contributed by atoms with E-state index in [-0.39, 0.29) is 12.0 Å². The van der Waals surface area contributed by atoms with Gasteiger partial charge in [0, 0.05) is 10.9 Å². The quantitative estimate of drug-likeness (QED) is 0.646. The molecule has 0 aliphatic carbocycles. The van der Waals surface area contributed by atoms with Crippen LogP contribution < -0.4 is 0 Å². The minimum atomic E-state index is -1.05. The molecule has 3 N–H and O–H groups in total. The number of carbonyl (C=O) groups is 1. The van der Waals surface area contributed by atoms with Gasteiger partial charge in [0.15, 0.2) is 0 Å². The summed E-state index contributed by atoms with van der Waals surface area (Å²) in [7, 11) is 0. The summed E-state index contributed by atoms with van der Waals surface area (Å²) in [5, 5.41) is 28.2. The fourth-order valence-electron chi connectivity index (χ4n) is 1.60. The molecule has 0 unspecified atom stereocenters. The lowest BCUT2D eigenvalue weighted by Crippen LogP contribution is -1.99. The van der Waals surface area contributed by atoms with Crippen molar-refractivity contribution in [3.8, 4) is 5.88 Å². The summed E-state index contributed by atoms with van der Waals surface area (Å²) in [4.78, 5) is 10.6. The molecule has 0 bridgehead atoms. The van der Waals surface area contributed by atoms with Gasteiger partial charge in [-0.2, -0.15) is 4.73 Å². The first-order valence-corrected chi connectivity index (χ1v) is 4.33. The summed E-state index contributed by atoms with van der Waals surface area (Å²) >= 11 is 0. The number of carboxylic acids is 1. The predicted molar refractivity (Wildman–Crippen MR) is 52.1 cm³/mol. The number of aromatic nitrogens is 1. The van der Waals surface area contributed by atoms with Gasteiger partial charge in [0.2, 0.25) is 5.88 Å². The van der Waals surface area contributed by atoms with E-state index in [0.29, 0.717) is 15.6 Å². The average molecular weight is 207 g/mol. The van der Waals surface area contributed by atoms with Gasteiger partial charge in [-0.05, 0) is 6.07 Å². The minimum absolute atomic E-state index is 0.223. The molecule has 15 heavy (non-hydrogen) atoms. The summed E-state index contributed by atoms with van der Waals surface area (Å²) in [5.41, 5.74) is 0.617. The first kappa shape index (κ1) is 9.39. The Balaban J connectivity index is 2.72. The fourth-order valence-corrected chi connectivity index (χ4v) is 1.60. The van der Waals surface area contributed by atoms with Gasteiger partial charge in [0.1, 0.15) is 0 Å². The van der Waals surface area contributed by atoms with Gasteiger partial charge in [-0.1, -0.05) is 18.2 Å². The number of rotatable bonds is 2. The van der Waals surface area contributed by atoms with Crippen LogP contribution in [-0.2, 0) is 11.2 Å². The van der Waals surface area contributed by atoms with Crippen molar-refractivity contribution >= 4 is 16.9 Å². The van der Waals surface area contributed by atoms with E-state index in [4.69, 9.17) is 5.11 Å². The lowest BCUT2D eigenvalue weighted by Gasteiger charge is -1.95. The number of aromatic hydroxyl groups is 1. The highest BCUT2D eigenvalue weighted by molar-refractivity contribution is 5.89. The summed E-state index contributed by atoms with van der Waals surface area (Å²) < 4.78 is 0.591. The largest absolute Gasteiger partial charge is 0.492 e. The SMILES string of the molecule is O=C(O)Cc1c(O)n(O)c2ccccc12. The fraction of sp³-hybridized carbons (Fsp3) is 0.100. The highest BCUT2D eigenvalue weighted by Crippen LogP contribution is 2.29. The van der Waals surface area contributed by atoms with Crippen LogP contribution in [0.2, 0.25) is 0 Å². The van der Waals surface area contributed by atoms with Crippen LogP contribution in [0.15, 0.2) is 24.3 Å². The van der Waals surface area contributed by atoms with Gasteiger partial charge in [0.25, 0.3) is 0 Å². The number of aliphatic carboxylic acids is 1. The molecule has 0 atom stereocenters. The molecule has 78 valence electrons. The first-order valence-electron chi connectivity index (χ1n) is 4.33. The molecule has 5 heteroatoms. The van der Waals surface area contributed by atoms with Crippen molar-refractivity contribution in [2.75, 3.05) is 0 Å². The molecule has 0 saturated heterocycles. The molecule has 1 aromatic carbocycles. The molecule has 0 spiro atoms. The molecule has 0 amide bonds. The third kappa shape index (κ3) is 1.38. The number of nitrogens with zero attached hydrogens (tertiary/aromatic N) is 1. The zero-order chi connectivity index (χ0) is 11.0. The maximum Gasteiger partial charge on any atom is 0.308 e. The molecule has 0 saturated carbocycles. The molecule has 2 aromatic rings. The van der Waals surface area contributed by atoms with Crippen molar-refractivity contribution in [2.45, 2.75) is 6.42 Å². The topological polar surface area (TPSA) is 82.7 Å². The van der Waals surface area contributed by atoms with Crippen LogP contribution in [0.3, 0.4) is 0 Å². The van der Waals surface area contributed by atoms with E-state index in [1.807, 2.05) is 0 Å². The van der Waals surface area contributed by atoms with E-state index in [0.717, 1.165) is 0 Å². The number of carboxylic acid groups (broad SMARTS) is 1. The molecule has 0 aliphatic heterocycles. The van der Waals surface area contributed by atoms with E-state index in [2.05, 4.69) is 0 Å². The lowest BCUT2D eigenvalue weighted by molar-refractivity contribution is -0.136. The highest BCUT2D eigenvalue weighted by atomic mass is 16.5. The Labute approximate surface area is 84.8 Å². The number of fused-ring (bicyclic) bond motifs is 1. The van der Waals surface area contributed by atoms with E-state index in [1.54, 1.807) is 24.3 Å². The smallest absolute Gasteiger partial charge is 0.308 e. The third-order valence-corrected chi connectivity index (χ3v) is 2.26. The zero-order valence-electron chi connectivity index (χ0n) is 7.71. The third-order valence-electron chi connectivity index (χ3n) is 2.26. The molecular formula is C10H9NO4. The van der Waals surface area contributed by atoms with Crippen LogP contribution in [0.4, 0.5) is 0 Å². The molecule has 2 rings (SSSR count). The molecule has 0 fully saturated rings. The van der Waals surface area contributed by atoms with Gasteiger partial charge < -0.3 is 15.4 Å². The Morgan fingerprint density at radius 3 is 2.67 bits per heavy atom. The average Bonchev–Trinajstić information content (AvgIpc) is 2.44. The van der Waals surface area contributed by atoms with Gasteiger partial charge in [-0.15, -0.1) is 0 Å². The second-order valence-electron chi connectivity index (χ2n) is 3.20. The standard InChI is InChI=1S/C10H9NO4/c12-9(13)5-7-6-3-1-2-4-8(6)11(15)10(7)14/h1-4,14-15H,5H2,(H,12,13). The summed E-state index contributed by atoms with van der Waals surface area (Å²) in [6, 6.07) is 6.66. The zero-order valence-corrected chi connectivity index (χ0v) is 7.71. The maximum atomic E-state index is 10.6. The van der Waals surface area contributed by atoms with Crippen LogP contribution in [0.1, 0.15) is 5.56 Å². The highest BCUT2D eigenvalue weighted by Gasteiger charge is 2.17. The molecular weight excluding hydrogens is 198 g/mol. The van der Waals surface area contributed by atoms with E-state index in [1.165, 1.54) is 0 Å². The normalized spacial score (nSPS) is 10.7. The summed E-state index contributed by atoms with van der Waals surface area (Å²) in [5.74, 6) is -1.47. The van der Waals surface area contributed by atoms with Crippen molar-refractivity contribution in [3.63, 3.8) is 0 Å². The lowest BCUT2D eigenvalue weighted by atomic mass is 10.1. The van der Waals surface area contributed by atoms with Crippen LogP contribution in [0, 0.1) is 0 Å². The first-order chi connectivity index (χ1) is 7.11. The van der Waals surface area contributed by atoms with Crippen LogP contribution in [0.25, 0.3) is 10.9 Å². The molecule has 1 heterocycles. The van der Waals surface area contributed by atoms with Crippen molar-refractivity contribution < 1.29 is 20.2 Å².